The van der Waals surface area contributed by atoms with Gasteiger partial charge in [0, 0.05) is 5.56 Å². The number of hydrogen-bond donors (Lipinski definition) is 1. The molecule has 33 heavy (non-hydrogen) atoms. The first kappa shape index (κ1) is 23.4. The van der Waals surface area contributed by atoms with Crippen LogP contribution in [0, 0.1) is 0 Å². The summed E-state index contributed by atoms with van der Waals surface area (Å²) in [6.07, 6.45) is 3.11. The van der Waals surface area contributed by atoms with Crippen molar-refractivity contribution >= 4 is 17.8 Å². The molecule has 170 valence electrons. The van der Waals surface area contributed by atoms with Crippen LogP contribution >= 0.6 is 0 Å². The second-order valence-electron chi connectivity index (χ2n) is 6.93. The molecule has 0 aromatic heterocycles. The molecule has 0 fully saturated rings. The Kier molecular flexibility index (Phi) is 8.07. The normalized spacial score (nSPS) is 10.6. The van der Waals surface area contributed by atoms with Gasteiger partial charge in [0.05, 0.1) is 14.2 Å². The van der Waals surface area contributed by atoms with Gasteiger partial charge in [0.25, 0.3) is 0 Å². The summed E-state index contributed by atoms with van der Waals surface area (Å²) < 4.78 is 21.7. The van der Waals surface area contributed by atoms with Gasteiger partial charge in [0.15, 0.2) is 35.4 Å². The second-order valence-corrected chi connectivity index (χ2v) is 6.93. The molecule has 0 aliphatic carbocycles. The Labute approximate surface area is 191 Å². The lowest BCUT2D eigenvalue weighted by Gasteiger charge is -2.11. The highest BCUT2D eigenvalue weighted by atomic mass is 16.5. The van der Waals surface area contributed by atoms with Crippen LogP contribution in [0.25, 0.3) is 6.08 Å². The van der Waals surface area contributed by atoms with Crippen LogP contribution in [0.3, 0.4) is 0 Å². The maximum absolute atomic E-state index is 12.6. The predicted octanol–water partition coefficient (Wildman–Crippen LogP) is 4.64. The first-order chi connectivity index (χ1) is 16.0. The van der Waals surface area contributed by atoms with Crippen LogP contribution in [0.15, 0.2) is 72.8 Å². The maximum atomic E-state index is 12.6. The minimum absolute atomic E-state index is 0.247. The molecule has 0 atom stereocenters. The zero-order valence-corrected chi connectivity index (χ0v) is 18.3. The molecule has 3 aromatic rings. The summed E-state index contributed by atoms with van der Waals surface area (Å²) in [4.78, 5) is 23.3. The van der Waals surface area contributed by atoms with Crippen molar-refractivity contribution in [2.75, 3.05) is 20.8 Å². The van der Waals surface area contributed by atoms with Gasteiger partial charge in [-0.05, 0) is 47.5 Å². The molecular weight excluding hydrogens is 424 g/mol. The quantitative estimate of drug-likeness (QED) is 0.337. The van der Waals surface area contributed by atoms with Gasteiger partial charge < -0.3 is 24.1 Å². The molecule has 3 rings (SSSR count). The summed E-state index contributed by atoms with van der Waals surface area (Å²) in [6.45, 7) is -0.0880. The van der Waals surface area contributed by atoms with Gasteiger partial charge in [0.2, 0.25) is 0 Å². The number of aliphatic carboxylic acids is 1. The number of rotatable bonds is 11. The second kappa shape index (κ2) is 11.4. The average molecular weight is 448 g/mol. The van der Waals surface area contributed by atoms with Crippen molar-refractivity contribution in [1.29, 1.82) is 0 Å². The van der Waals surface area contributed by atoms with Crippen LogP contribution in [-0.4, -0.2) is 37.7 Å². The Morgan fingerprint density at radius 1 is 0.818 bits per heavy atom. The molecule has 0 bridgehead atoms. The topological polar surface area (TPSA) is 91.3 Å². The molecule has 7 nitrogen and oxygen atoms in total. The van der Waals surface area contributed by atoms with Gasteiger partial charge in [-0.2, -0.15) is 0 Å². The minimum Gasteiger partial charge on any atom is -0.493 e. The molecule has 0 spiro atoms. The van der Waals surface area contributed by atoms with E-state index in [9.17, 15) is 9.59 Å². The zero-order chi connectivity index (χ0) is 23.6. The average Bonchev–Trinajstić information content (AvgIpc) is 2.85. The van der Waals surface area contributed by atoms with Crippen LogP contribution in [0.4, 0.5) is 0 Å². The fourth-order valence-electron chi connectivity index (χ4n) is 2.99. The van der Waals surface area contributed by atoms with Crippen molar-refractivity contribution in [2.24, 2.45) is 0 Å². The van der Waals surface area contributed by atoms with E-state index in [2.05, 4.69) is 0 Å². The minimum atomic E-state index is -1.10. The van der Waals surface area contributed by atoms with Gasteiger partial charge >= 0.3 is 5.97 Å². The molecule has 0 amide bonds. The molecule has 0 saturated carbocycles. The molecular formula is C26H24O7. The summed E-state index contributed by atoms with van der Waals surface area (Å²) in [6, 6.07) is 19.8. The van der Waals surface area contributed by atoms with E-state index in [1.807, 2.05) is 36.4 Å². The Morgan fingerprint density at radius 3 is 2.18 bits per heavy atom. The molecule has 1 N–H and O–H groups in total. The number of carboxylic acid groups (broad SMARTS) is 1. The van der Waals surface area contributed by atoms with E-state index in [0.717, 1.165) is 11.1 Å². The van der Waals surface area contributed by atoms with Gasteiger partial charge in [-0.25, -0.2) is 4.79 Å². The number of methoxy groups -OCH3 is 2. The Bertz CT molecular complexity index is 1140. The molecule has 0 saturated heterocycles. The van der Waals surface area contributed by atoms with E-state index < -0.39 is 12.6 Å². The number of hydrogen-bond acceptors (Lipinski definition) is 6. The SMILES string of the molecule is COc1cc(C(=O)/C=C/c2ccc(OCc3ccccc3)c(OC)c2)ccc1OCC(=O)O. The number of ether oxygens (including phenoxy) is 4. The molecule has 0 aliphatic rings. The van der Waals surface area contributed by atoms with Crippen molar-refractivity contribution in [2.45, 2.75) is 6.61 Å². The van der Waals surface area contributed by atoms with Crippen LogP contribution in [0.2, 0.25) is 0 Å². The Morgan fingerprint density at radius 2 is 1.48 bits per heavy atom. The van der Waals surface area contributed by atoms with Crippen LogP contribution in [-0.2, 0) is 11.4 Å². The highest BCUT2D eigenvalue weighted by Gasteiger charge is 2.11. The van der Waals surface area contributed by atoms with Gasteiger partial charge in [-0.3, -0.25) is 4.79 Å². The third-order valence-electron chi connectivity index (χ3n) is 4.65. The van der Waals surface area contributed by atoms with E-state index in [-0.39, 0.29) is 17.3 Å². The van der Waals surface area contributed by atoms with Crippen LogP contribution in [0.5, 0.6) is 23.0 Å². The standard InChI is InChI=1S/C26H24O7/c1-30-24-14-18(9-12-22(24)32-16-19-6-4-3-5-7-19)8-11-21(27)20-10-13-23(25(15-20)31-2)33-17-26(28)29/h3-15H,16-17H2,1-2H3,(H,28,29)/b11-8+. The molecule has 7 heteroatoms. The fraction of sp³-hybridized carbons (Fsp3) is 0.154. The number of allylic oxidation sites excluding steroid dienone is 1. The van der Waals surface area contributed by atoms with Crippen LogP contribution in [0.1, 0.15) is 21.5 Å². The highest BCUT2D eigenvalue weighted by Crippen LogP contribution is 2.30. The van der Waals surface area contributed by atoms with Gasteiger partial charge in [-0.15, -0.1) is 0 Å². The summed E-state index contributed by atoms with van der Waals surface area (Å²) in [5.74, 6) is 0.329. The van der Waals surface area contributed by atoms with Gasteiger partial charge in [-0.1, -0.05) is 42.5 Å². The third-order valence-corrected chi connectivity index (χ3v) is 4.65. The van der Waals surface area contributed by atoms with E-state index in [1.54, 1.807) is 31.4 Å². The number of carbonyl (C=O) groups excluding carboxylic acids is 1. The lowest BCUT2D eigenvalue weighted by molar-refractivity contribution is -0.139. The summed E-state index contributed by atoms with van der Waals surface area (Å²) in [5.41, 5.74) is 2.19. The zero-order valence-electron chi connectivity index (χ0n) is 18.3. The van der Waals surface area contributed by atoms with Crippen molar-refractivity contribution in [3.8, 4) is 23.0 Å². The lowest BCUT2D eigenvalue weighted by Crippen LogP contribution is -2.10. The number of carboxylic acids is 1. The number of ketones is 1. The molecule has 0 unspecified atom stereocenters. The first-order valence-electron chi connectivity index (χ1n) is 10.1. The first-order valence-corrected chi connectivity index (χ1v) is 10.1. The number of carbonyl (C=O) groups is 2. The molecule has 0 aliphatic heterocycles. The van der Waals surface area contributed by atoms with E-state index in [1.165, 1.54) is 25.3 Å². The van der Waals surface area contributed by atoms with E-state index >= 15 is 0 Å². The van der Waals surface area contributed by atoms with Crippen molar-refractivity contribution < 1.29 is 33.6 Å². The third kappa shape index (κ3) is 6.61. The fourth-order valence-corrected chi connectivity index (χ4v) is 2.99. The smallest absolute Gasteiger partial charge is 0.341 e. The van der Waals surface area contributed by atoms with Gasteiger partial charge in [0.1, 0.15) is 6.61 Å². The van der Waals surface area contributed by atoms with Crippen molar-refractivity contribution in [3.63, 3.8) is 0 Å². The molecule has 0 heterocycles. The Hall–Kier alpha value is -4.26. The summed E-state index contributed by atoms with van der Waals surface area (Å²) >= 11 is 0. The molecule has 3 aromatic carbocycles. The Balaban J connectivity index is 1.69. The largest absolute Gasteiger partial charge is 0.493 e. The maximum Gasteiger partial charge on any atom is 0.341 e. The monoisotopic (exact) mass is 448 g/mol. The van der Waals surface area contributed by atoms with Crippen molar-refractivity contribution in [1.82, 2.24) is 0 Å². The van der Waals surface area contributed by atoms with E-state index in [0.29, 0.717) is 23.7 Å². The lowest BCUT2D eigenvalue weighted by atomic mass is 10.1. The van der Waals surface area contributed by atoms with E-state index in [4.69, 9.17) is 24.1 Å². The highest BCUT2D eigenvalue weighted by molar-refractivity contribution is 6.07. The summed E-state index contributed by atoms with van der Waals surface area (Å²) in [5, 5.41) is 8.75. The summed E-state index contributed by atoms with van der Waals surface area (Å²) in [7, 11) is 2.98. The number of benzene rings is 3. The van der Waals surface area contributed by atoms with Crippen LogP contribution < -0.4 is 18.9 Å². The predicted molar refractivity (Wildman–Crippen MR) is 123 cm³/mol. The molecule has 0 radical (unpaired) electrons. The van der Waals surface area contributed by atoms with Crippen molar-refractivity contribution in [3.05, 3.63) is 89.5 Å².